The van der Waals surface area contributed by atoms with E-state index in [0.717, 1.165) is 6.42 Å². The molecule has 15 heavy (non-hydrogen) atoms. The number of carbonyl (C=O) groups excluding carboxylic acids is 1. The van der Waals surface area contributed by atoms with Crippen LogP contribution in [-0.4, -0.2) is 35.2 Å². The zero-order valence-corrected chi connectivity index (χ0v) is 9.08. The maximum absolute atomic E-state index is 11.6. The molecule has 1 aliphatic rings. The van der Waals surface area contributed by atoms with Crippen molar-refractivity contribution in [3.05, 3.63) is 0 Å². The van der Waals surface area contributed by atoms with Crippen LogP contribution in [0.3, 0.4) is 0 Å². The average Bonchev–Trinajstić information content (AvgIpc) is 2.70. The number of carbonyl (C=O) groups is 2. The molecule has 0 aromatic carbocycles. The molecule has 0 spiro atoms. The standard InChI is InChI=1S/C10H17NO4/c1-3-10(2,9(13)14)11-8(12)7-5-4-6-15-7/h7H,3-6H2,1-2H3,(H,11,12)(H,13,14)/t7-,10?/m1/s1. The van der Waals surface area contributed by atoms with Crippen molar-refractivity contribution in [2.24, 2.45) is 0 Å². The summed E-state index contributed by atoms with van der Waals surface area (Å²) in [7, 11) is 0. The quantitative estimate of drug-likeness (QED) is 0.717. The highest BCUT2D eigenvalue weighted by atomic mass is 16.5. The molecule has 0 aromatic rings. The van der Waals surface area contributed by atoms with E-state index in [1.165, 1.54) is 6.92 Å². The van der Waals surface area contributed by atoms with Crippen molar-refractivity contribution in [1.82, 2.24) is 5.32 Å². The second kappa shape index (κ2) is 4.61. The van der Waals surface area contributed by atoms with Gasteiger partial charge in [0, 0.05) is 6.61 Å². The van der Waals surface area contributed by atoms with Crippen LogP contribution >= 0.6 is 0 Å². The zero-order valence-electron chi connectivity index (χ0n) is 9.08. The Morgan fingerprint density at radius 1 is 1.60 bits per heavy atom. The highest BCUT2D eigenvalue weighted by molar-refractivity contribution is 5.88. The first kappa shape index (κ1) is 12.0. The lowest BCUT2D eigenvalue weighted by Crippen LogP contribution is -2.54. The first-order chi connectivity index (χ1) is 6.99. The molecule has 0 radical (unpaired) electrons. The Bertz CT molecular complexity index is 260. The van der Waals surface area contributed by atoms with Gasteiger partial charge in [-0.3, -0.25) is 4.79 Å². The molecule has 1 aliphatic heterocycles. The summed E-state index contributed by atoms with van der Waals surface area (Å²) in [5, 5.41) is 11.5. The van der Waals surface area contributed by atoms with Gasteiger partial charge < -0.3 is 15.2 Å². The van der Waals surface area contributed by atoms with E-state index < -0.39 is 17.6 Å². The molecule has 0 aliphatic carbocycles. The van der Waals surface area contributed by atoms with Gasteiger partial charge in [0.05, 0.1) is 0 Å². The van der Waals surface area contributed by atoms with Crippen molar-refractivity contribution in [2.45, 2.75) is 44.8 Å². The fourth-order valence-corrected chi connectivity index (χ4v) is 1.43. The van der Waals surface area contributed by atoms with Crippen LogP contribution in [0.4, 0.5) is 0 Å². The van der Waals surface area contributed by atoms with Gasteiger partial charge in [0.25, 0.3) is 0 Å². The molecular formula is C10H17NO4. The smallest absolute Gasteiger partial charge is 0.329 e. The van der Waals surface area contributed by atoms with Crippen LogP contribution in [0.1, 0.15) is 33.1 Å². The highest BCUT2D eigenvalue weighted by Gasteiger charge is 2.35. The lowest BCUT2D eigenvalue weighted by atomic mass is 9.98. The minimum atomic E-state index is -1.19. The molecule has 86 valence electrons. The van der Waals surface area contributed by atoms with Crippen LogP contribution in [0.15, 0.2) is 0 Å². The molecule has 1 unspecified atom stereocenters. The van der Waals surface area contributed by atoms with E-state index in [9.17, 15) is 9.59 Å². The number of aliphatic carboxylic acids is 1. The summed E-state index contributed by atoms with van der Waals surface area (Å²) in [6, 6.07) is 0. The van der Waals surface area contributed by atoms with Gasteiger partial charge in [-0.15, -0.1) is 0 Å². The second-order valence-electron chi connectivity index (χ2n) is 3.98. The van der Waals surface area contributed by atoms with E-state index >= 15 is 0 Å². The van der Waals surface area contributed by atoms with Crippen LogP contribution in [0.25, 0.3) is 0 Å². The minimum absolute atomic E-state index is 0.320. The maximum Gasteiger partial charge on any atom is 0.329 e. The normalized spacial score (nSPS) is 24.5. The first-order valence-corrected chi connectivity index (χ1v) is 5.16. The fraction of sp³-hybridized carbons (Fsp3) is 0.800. The molecule has 1 saturated heterocycles. The largest absolute Gasteiger partial charge is 0.480 e. The topological polar surface area (TPSA) is 75.6 Å². The Balaban J connectivity index is 2.58. The first-order valence-electron chi connectivity index (χ1n) is 5.16. The van der Waals surface area contributed by atoms with Crippen LogP contribution in [-0.2, 0) is 14.3 Å². The van der Waals surface area contributed by atoms with Gasteiger partial charge in [-0.2, -0.15) is 0 Å². The van der Waals surface area contributed by atoms with Crippen molar-refractivity contribution in [3.63, 3.8) is 0 Å². The Hall–Kier alpha value is -1.10. The van der Waals surface area contributed by atoms with E-state index in [4.69, 9.17) is 9.84 Å². The predicted molar refractivity (Wildman–Crippen MR) is 53.4 cm³/mol. The van der Waals surface area contributed by atoms with Gasteiger partial charge in [0.15, 0.2) is 0 Å². The number of carboxylic acids is 1. The SMILES string of the molecule is CCC(C)(NC(=O)[C@H]1CCCO1)C(=O)O. The van der Waals surface area contributed by atoms with Gasteiger partial charge in [-0.25, -0.2) is 4.79 Å². The highest BCUT2D eigenvalue weighted by Crippen LogP contribution is 2.15. The van der Waals surface area contributed by atoms with Crippen molar-refractivity contribution in [2.75, 3.05) is 6.61 Å². The summed E-state index contributed by atoms with van der Waals surface area (Å²) in [5.74, 6) is -1.34. The number of nitrogens with one attached hydrogen (secondary N) is 1. The Morgan fingerprint density at radius 3 is 2.67 bits per heavy atom. The maximum atomic E-state index is 11.6. The lowest BCUT2D eigenvalue weighted by Gasteiger charge is -2.25. The van der Waals surface area contributed by atoms with Crippen molar-refractivity contribution in [3.8, 4) is 0 Å². The Labute approximate surface area is 88.8 Å². The van der Waals surface area contributed by atoms with E-state index in [1.54, 1.807) is 6.92 Å². The van der Waals surface area contributed by atoms with Crippen LogP contribution in [0.2, 0.25) is 0 Å². The Kier molecular flexibility index (Phi) is 3.68. The molecule has 0 aromatic heterocycles. The molecule has 5 heteroatoms. The molecule has 1 fully saturated rings. The summed E-state index contributed by atoms with van der Waals surface area (Å²) in [6.07, 6.45) is 1.40. The third-order valence-corrected chi connectivity index (χ3v) is 2.80. The van der Waals surface area contributed by atoms with Gasteiger partial charge in [0.1, 0.15) is 11.6 Å². The number of carboxylic acid groups (broad SMARTS) is 1. The van der Waals surface area contributed by atoms with Gasteiger partial charge in [0.2, 0.25) is 5.91 Å². The van der Waals surface area contributed by atoms with Crippen molar-refractivity contribution < 1.29 is 19.4 Å². The van der Waals surface area contributed by atoms with Crippen molar-refractivity contribution >= 4 is 11.9 Å². The summed E-state index contributed by atoms with van der Waals surface area (Å²) < 4.78 is 5.18. The third-order valence-electron chi connectivity index (χ3n) is 2.80. The summed E-state index contributed by atoms with van der Waals surface area (Å²) in [4.78, 5) is 22.6. The van der Waals surface area contributed by atoms with Crippen LogP contribution in [0.5, 0.6) is 0 Å². The van der Waals surface area contributed by atoms with E-state index in [2.05, 4.69) is 5.32 Å². The third kappa shape index (κ3) is 2.68. The molecule has 1 rings (SSSR count). The van der Waals surface area contributed by atoms with Crippen molar-refractivity contribution in [1.29, 1.82) is 0 Å². The number of hydrogen-bond donors (Lipinski definition) is 2. The molecule has 2 atom stereocenters. The number of ether oxygens (including phenoxy) is 1. The number of amides is 1. The monoisotopic (exact) mass is 215 g/mol. The van der Waals surface area contributed by atoms with Gasteiger partial charge in [-0.05, 0) is 26.2 Å². The lowest BCUT2D eigenvalue weighted by molar-refractivity contribution is -0.148. The molecule has 0 saturated carbocycles. The van der Waals surface area contributed by atoms with Crippen LogP contribution < -0.4 is 5.32 Å². The predicted octanol–water partition coefficient (Wildman–Crippen LogP) is 0.535. The molecule has 1 heterocycles. The van der Waals surface area contributed by atoms with Gasteiger partial charge >= 0.3 is 5.97 Å². The molecule has 2 N–H and O–H groups in total. The Morgan fingerprint density at radius 2 is 2.27 bits per heavy atom. The second-order valence-corrected chi connectivity index (χ2v) is 3.98. The van der Waals surface area contributed by atoms with Crippen LogP contribution in [0, 0.1) is 0 Å². The fourth-order valence-electron chi connectivity index (χ4n) is 1.43. The minimum Gasteiger partial charge on any atom is -0.480 e. The summed E-state index contributed by atoms with van der Waals surface area (Å²) in [5.41, 5.74) is -1.19. The van der Waals surface area contributed by atoms with E-state index in [1.807, 2.05) is 0 Å². The zero-order chi connectivity index (χ0) is 11.5. The molecule has 5 nitrogen and oxygen atoms in total. The van der Waals surface area contributed by atoms with Gasteiger partial charge in [-0.1, -0.05) is 6.92 Å². The summed E-state index contributed by atoms with van der Waals surface area (Å²) >= 11 is 0. The summed E-state index contributed by atoms with van der Waals surface area (Å²) in [6.45, 7) is 3.81. The molecule has 0 bridgehead atoms. The number of hydrogen-bond acceptors (Lipinski definition) is 3. The molecular weight excluding hydrogens is 198 g/mol. The number of rotatable bonds is 4. The average molecular weight is 215 g/mol. The van der Waals surface area contributed by atoms with E-state index in [0.29, 0.717) is 19.4 Å². The van der Waals surface area contributed by atoms with E-state index in [-0.39, 0.29) is 5.91 Å². The molecule has 1 amide bonds.